The van der Waals surface area contributed by atoms with Crippen LogP contribution in [0.2, 0.25) is 0 Å². The van der Waals surface area contributed by atoms with Crippen molar-refractivity contribution >= 4 is 71.2 Å². The van der Waals surface area contributed by atoms with Gasteiger partial charge in [-0.25, -0.2) is 0 Å². The summed E-state index contributed by atoms with van der Waals surface area (Å²) in [7, 11) is 0. The Balaban J connectivity index is 1.13. The first-order chi connectivity index (χ1) is 32.8. The largest absolute Gasteiger partial charge is 0.309 e. The molecule has 2 nitrogen and oxygen atoms in total. The average molecular weight is 839 g/mol. The molecule has 0 spiro atoms. The van der Waals surface area contributed by atoms with Gasteiger partial charge in [0.2, 0.25) is 0 Å². The molecule has 0 N–H and O–H groups in total. The normalized spacial score (nSPS) is 11.6. The van der Waals surface area contributed by atoms with Gasteiger partial charge < -0.3 is 9.47 Å². The summed E-state index contributed by atoms with van der Waals surface area (Å²) in [5.74, 6) is 0. The first-order valence-corrected chi connectivity index (χ1v) is 22.8. The van der Waals surface area contributed by atoms with Crippen molar-refractivity contribution in [3.05, 3.63) is 255 Å². The van der Waals surface area contributed by atoms with Crippen LogP contribution >= 0.6 is 0 Å². The summed E-state index contributed by atoms with van der Waals surface area (Å²) in [6, 6.07) is 93.5. The van der Waals surface area contributed by atoms with Crippen molar-refractivity contribution in [2.75, 3.05) is 4.90 Å². The van der Waals surface area contributed by atoms with Gasteiger partial charge in [-0.15, -0.1) is 0 Å². The van der Waals surface area contributed by atoms with Gasteiger partial charge in [0.25, 0.3) is 0 Å². The number of benzene rings is 12. The molecule has 308 valence electrons. The Morgan fingerprint density at radius 3 is 1.41 bits per heavy atom. The van der Waals surface area contributed by atoms with Gasteiger partial charge in [-0.05, 0) is 85.8 Å². The van der Waals surface area contributed by atoms with Crippen molar-refractivity contribution in [1.29, 1.82) is 0 Å². The van der Waals surface area contributed by atoms with E-state index < -0.39 is 0 Å². The van der Waals surface area contributed by atoms with Gasteiger partial charge >= 0.3 is 0 Å². The fraction of sp³-hybridized carbons (Fsp3) is 0. The molecule has 0 atom stereocenters. The minimum Gasteiger partial charge on any atom is -0.309 e. The maximum Gasteiger partial charge on any atom is 0.0618 e. The minimum absolute atomic E-state index is 1.10. The smallest absolute Gasteiger partial charge is 0.0618 e. The molecule has 13 aromatic rings. The Labute approximate surface area is 383 Å². The first kappa shape index (κ1) is 37.8. The number of fused-ring (bicyclic) bond motifs is 3. The summed E-state index contributed by atoms with van der Waals surface area (Å²) in [6.45, 7) is 0. The first-order valence-electron chi connectivity index (χ1n) is 22.8. The van der Waals surface area contributed by atoms with Crippen LogP contribution in [-0.2, 0) is 0 Å². The van der Waals surface area contributed by atoms with Crippen molar-refractivity contribution < 1.29 is 0 Å². The summed E-state index contributed by atoms with van der Waals surface area (Å²) in [5.41, 5.74) is 16.3. The Bertz CT molecular complexity index is 3810. The molecule has 0 aliphatic heterocycles. The van der Waals surface area contributed by atoms with E-state index in [2.05, 4.69) is 264 Å². The van der Waals surface area contributed by atoms with Crippen molar-refractivity contribution in [3.8, 4) is 50.2 Å². The van der Waals surface area contributed by atoms with Gasteiger partial charge in [-0.3, -0.25) is 0 Å². The van der Waals surface area contributed by atoms with Crippen LogP contribution in [0.15, 0.2) is 255 Å². The van der Waals surface area contributed by atoms with E-state index in [4.69, 9.17) is 0 Å². The predicted molar refractivity (Wildman–Crippen MR) is 281 cm³/mol. The number of hydrogen-bond donors (Lipinski definition) is 0. The fourth-order valence-electron chi connectivity index (χ4n) is 10.6. The summed E-state index contributed by atoms with van der Waals surface area (Å²) in [4.78, 5) is 2.56. The number of nitrogens with zero attached hydrogens (tertiary/aromatic N) is 2. The Morgan fingerprint density at radius 1 is 0.273 bits per heavy atom. The van der Waals surface area contributed by atoms with Crippen LogP contribution in [0.25, 0.3) is 104 Å². The molecular weight excluding hydrogens is 797 g/mol. The highest BCUT2D eigenvalue weighted by molar-refractivity contribution is 6.28. The molecule has 0 aliphatic carbocycles. The average Bonchev–Trinajstić information content (AvgIpc) is 3.73. The van der Waals surface area contributed by atoms with Gasteiger partial charge in [0, 0.05) is 38.2 Å². The molecule has 66 heavy (non-hydrogen) atoms. The van der Waals surface area contributed by atoms with Gasteiger partial charge in [0.05, 0.1) is 33.8 Å². The van der Waals surface area contributed by atoms with Gasteiger partial charge in [0.15, 0.2) is 0 Å². The summed E-state index contributed by atoms with van der Waals surface area (Å²) in [5, 5.41) is 9.92. The van der Waals surface area contributed by atoms with Crippen molar-refractivity contribution in [2.45, 2.75) is 0 Å². The quantitative estimate of drug-likeness (QED) is 0.138. The van der Waals surface area contributed by atoms with E-state index in [-0.39, 0.29) is 0 Å². The highest BCUT2D eigenvalue weighted by atomic mass is 15.2. The van der Waals surface area contributed by atoms with Crippen LogP contribution in [-0.4, -0.2) is 4.57 Å². The van der Waals surface area contributed by atoms with Crippen LogP contribution in [0.1, 0.15) is 0 Å². The lowest BCUT2D eigenvalue weighted by Crippen LogP contribution is -2.14. The summed E-state index contributed by atoms with van der Waals surface area (Å²) >= 11 is 0. The number of rotatable bonds is 8. The Kier molecular flexibility index (Phi) is 8.89. The third kappa shape index (κ3) is 6.04. The molecule has 1 aromatic heterocycles. The molecule has 1 heterocycles. The maximum absolute atomic E-state index is 2.56. The van der Waals surface area contributed by atoms with Crippen LogP contribution in [0.5, 0.6) is 0 Å². The Hall–Kier alpha value is -8.72. The zero-order valence-electron chi connectivity index (χ0n) is 36.1. The number of aromatic nitrogens is 1. The highest BCUT2D eigenvalue weighted by Gasteiger charge is 2.27. The molecule has 0 bridgehead atoms. The third-order valence-corrected chi connectivity index (χ3v) is 13.5. The third-order valence-electron chi connectivity index (χ3n) is 13.5. The van der Waals surface area contributed by atoms with Crippen LogP contribution in [0, 0.1) is 0 Å². The molecule has 0 saturated heterocycles. The number of para-hydroxylation sites is 4. The monoisotopic (exact) mass is 838 g/mol. The molecule has 0 fully saturated rings. The van der Waals surface area contributed by atoms with E-state index in [1.165, 1.54) is 70.9 Å². The van der Waals surface area contributed by atoms with E-state index in [0.717, 1.165) is 50.4 Å². The lowest BCUT2D eigenvalue weighted by Gasteiger charge is -2.33. The van der Waals surface area contributed by atoms with Gasteiger partial charge in [-0.1, -0.05) is 218 Å². The molecule has 0 unspecified atom stereocenters. The second-order valence-electron chi connectivity index (χ2n) is 17.2. The zero-order valence-corrected chi connectivity index (χ0v) is 36.1. The molecule has 13 rings (SSSR count). The standard InChI is InChI=1S/C64H42N2/c1-4-18-43(19-5-1)48-24-16-25-49(42-48)50-26-10-13-31-57(50)66(64-51(44-20-6-2-7-21-44)29-17-30-52(64)45-22-8-3-9-23-45)61-41-37-47-34-38-55-60(40-36-46-35-39-56(61)63(47)62(46)55)65-58-32-14-11-27-53(58)54-28-12-15-33-59(54)65/h1-42H. The lowest BCUT2D eigenvalue weighted by atomic mass is 9.90. The topological polar surface area (TPSA) is 8.17 Å². The van der Waals surface area contributed by atoms with E-state index in [9.17, 15) is 0 Å². The van der Waals surface area contributed by atoms with Crippen molar-refractivity contribution in [1.82, 2.24) is 4.57 Å². The fourth-order valence-corrected chi connectivity index (χ4v) is 10.6. The molecule has 0 saturated carbocycles. The van der Waals surface area contributed by atoms with Crippen molar-refractivity contribution in [3.63, 3.8) is 0 Å². The molecule has 0 aliphatic rings. The summed E-state index contributed by atoms with van der Waals surface area (Å²) in [6.07, 6.45) is 0. The minimum atomic E-state index is 1.10. The highest BCUT2D eigenvalue weighted by Crippen LogP contribution is 2.52. The second kappa shape index (κ2) is 15.5. The lowest BCUT2D eigenvalue weighted by molar-refractivity contribution is 1.20. The predicted octanol–water partition coefficient (Wildman–Crippen LogP) is 17.8. The number of hydrogen-bond acceptors (Lipinski definition) is 1. The maximum atomic E-state index is 2.56. The molecule has 0 amide bonds. The van der Waals surface area contributed by atoms with E-state index in [1.54, 1.807) is 0 Å². The van der Waals surface area contributed by atoms with E-state index >= 15 is 0 Å². The van der Waals surface area contributed by atoms with E-state index in [0.29, 0.717) is 0 Å². The van der Waals surface area contributed by atoms with Gasteiger partial charge in [0.1, 0.15) is 0 Å². The van der Waals surface area contributed by atoms with Crippen LogP contribution < -0.4 is 4.90 Å². The Morgan fingerprint density at radius 2 is 0.742 bits per heavy atom. The molecule has 12 aromatic carbocycles. The second-order valence-corrected chi connectivity index (χ2v) is 17.2. The summed E-state index contributed by atoms with van der Waals surface area (Å²) < 4.78 is 2.46. The number of anilines is 3. The molecule has 0 radical (unpaired) electrons. The van der Waals surface area contributed by atoms with Gasteiger partial charge in [-0.2, -0.15) is 0 Å². The molecule has 2 heteroatoms. The zero-order chi connectivity index (χ0) is 43.6. The van der Waals surface area contributed by atoms with Crippen LogP contribution in [0.3, 0.4) is 0 Å². The molecular formula is C64H42N2. The van der Waals surface area contributed by atoms with Crippen molar-refractivity contribution in [2.24, 2.45) is 0 Å². The van der Waals surface area contributed by atoms with Crippen LogP contribution in [0.4, 0.5) is 17.1 Å². The SMILES string of the molecule is c1ccc(-c2cccc(-c3ccccc3N(c3c(-c4ccccc4)cccc3-c3ccccc3)c3ccc4ccc5c(-n6c7ccccc7c7ccccc76)ccc6ccc3c4c65)c2)cc1. The van der Waals surface area contributed by atoms with E-state index in [1.807, 2.05) is 0 Å².